The van der Waals surface area contributed by atoms with Crippen LogP contribution in [0.4, 0.5) is 0 Å². The Morgan fingerprint density at radius 3 is 2.55 bits per heavy atom. The maximum atomic E-state index is 10.7. The van der Waals surface area contributed by atoms with Crippen LogP contribution in [0.15, 0.2) is 48.5 Å². The molecule has 2 aliphatic rings. The van der Waals surface area contributed by atoms with Crippen LogP contribution in [-0.4, -0.2) is 42.9 Å². The molecule has 4 nitrogen and oxygen atoms in total. The fourth-order valence-electron chi connectivity index (χ4n) is 4.51. The molecule has 0 aromatic heterocycles. The molecule has 0 bridgehead atoms. The van der Waals surface area contributed by atoms with E-state index in [9.17, 15) is 5.11 Å². The van der Waals surface area contributed by atoms with Gasteiger partial charge in [0.25, 0.3) is 0 Å². The van der Waals surface area contributed by atoms with Crippen molar-refractivity contribution in [2.75, 3.05) is 26.8 Å². The van der Waals surface area contributed by atoms with E-state index in [0.717, 1.165) is 37.7 Å². The summed E-state index contributed by atoms with van der Waals surface area (Å²) in [6.07, 6.45) is 2.13. The van der Waals surface area contributed by atoms with Gasteiger partial charge < -0.3 is 14.6 Å². The molecule has 156 valence electrons. The highest BCUT2D eigenvalue weighted by Gasteiger charge is 2.47. The number of benzene rings is 2. The quantitative estimate of drug-likeness (QED) is 0.716. The molecule has 2 aromatic rings. The van der Waals surface area contributed by atoms with Crippen LogP contribution in [-0.2, 0) is 6.54 Å². The molecule has 1 saturated heterocycles. The number of hydrogen-bond acceptors (Lipinski definition) is 4. The summed E-state index contributed by atoms with van der Waals surface area (Å²) in [6, 6.07) is 16.9. The van der Waals surface area contributed by atoms with Crippen molar-refractivity contribution in [3.05, 3.63) is 59.7 Å². The minimum absolute atomic E-state index is 0.211. The number of methoxy groups -OCH3 is 1. The van der Waals surface area contributed by atoms with Gasteiger partial charge >= 0.3 is 0 Å². The van der Waals surface area contributed by atoms with Gasteiger partial charge in [0, 0.05) is 31.0 Å². The van der Waals surface area contributed by atoms with Crippen molar-refractivity contribution in [3.63, 3.8) is 0 Å². The summed E-state index contributed by atoms with van der Waals surface area (Å²) in [5, 5.41) is 10.7. The van der Waals surface area contributed by atoms with Crippen molar-refractivity contribution in [1.29, 1.82) is 0 Å². The van der Waals surface area contributed by atoms with E-state index in [-0.39, 0.29) is 11.3 Å². The van der Waals surface area contributed by atoms with Crippen LogP contribution in [0.2, 0.25) is 0 Å². The maximum Gasteiger partial charge on any atom is 0.161 e. The fraction of sp³-hybridized carbons (Fsp3) is 0.520. The Labute approximate surface area is 174 Å². The predicted molar refractivity (Wildman–Crippen MR) is 115 cm³/mol. The zero-order valence-electron chi connectivity index (χ0n) is 17.8. The van der Waals surface area contributed by atoms with Crippen LogP contribution >= 0.6 is 0 Å². The summed E-state index contributed by atoms with van der Waals surface area (Å²) in [6.45, 7) is 7.59. The van der Waals surface area contributed by atoms with Crippen molar-refractivity contribution in [2.45, 2.75) is 45.3 Å². The zero-order chi connectivity index (χ0) is 20.4. The first-order valence-corrected chi connectivity index (χ1v) is 10.7. The average Bonchev–Trinajstić information content (AvgIpc) is 3.49. The van der Waals surface area contributed by atoms with Crippen molar-refractivity contribution < 1.29 is 14.6 Å². The summed E-state index contributed by atoms with van der Waals surface area (Å²) >= 11 is 0. The van der Waals surface area contributed by atoms with Crippen LogP contribution in [0, 0.1) is 11.3 Å². The topological polar surface area (TPSA) is 41.9 Å². The zero-order valence-corrected chi connectivity index (χ0v) is 17.8. The summed E-state index contributed by atoms with van der Waals surface area (Å²) < 4.78 is 11.6. The van der Waals surface area contributed by atoms with Crippen LogP contribution < -0.4 is 9.47 Å². The van der Waals surface area contributed by atoms with Gasteiger partial charge in [0.05, 0.1) is 19.8 Å². The van der Waals surface area contributed by atoms with Crippen LogP contribution in [0.5, 0.6) is 11.5 Å². The van der Waals surface area contributed by atoms with Gasteiger partial charge in [-0.3, -0.25) is 4.90 Å². The number of likely N-dealkylation sites (tertiary alicyclic amines) is 1. The van der Waals surface area contributed by atoms with E-state index < -0.39 is 6.10 Å². The largest absolute Gasteiger partial charge is 0.493 e. The molecule has 1 saturated carbocycles. The first-order valence-electron chi connectivity index (χ1n) is 10.7. The molecule has 29 heavy (non-hydrogen) atoms. The van der Waals surface area contributed by atoms with E-state index in [0.29, 0.717) is 5.92 Å². The number of nitrogens with zero attached hydrogens (tertiary/aromatic N) is 1. The highest BCUT2D eigenvalue weighted by Crippen LogP contribution is 2.47. The SMILES string of the molecule is COc1ccc(C2CN(Cc3ccccc3)CC2(C)C(C)O)cc1OCC1CC1. The van der Waals surface area contributed by atoms with Gasteiger partial charge in [-0.05, 0) is 48.9 Å². The minimum Gasteiger partial charge on any atom is -0.493 e. The molecule has 2 aromatic carbocycles. The van der Waals surface area contributed by atoms with Gasteiger partial charge in [0.2, 0.25) is 0 Å². The minimum atomic E-state index is -0.397. The number of hydrogen-bond donors (Lipinski definition) is 1. The average molecular weight is 396 g/mol. The highest BCUT2D eigenvalue weighted by molar-refractivity contribution is 5.45. The van der Waals surface area contributed by atoms with E-state index in [1.807, 2.05) is 13.0 Å². The molecule has 3 atom stereocenters. The van der Waals surface area contributed by atoms with E-state index in [2.05, 4.69) is 54.3 Å². The van der Waals surface area contributed by atoms with Crippen LogP contribution in [0.25, 0.3) is 0 Å². The molecule has 0 spiro atoms. The van der Waals surface area contributed by atoms with Crippen molar-refractivity contribution in [1.82, 2.24) is 4.90 Å². The number of rotatable bonds is 8. The molecule has 1 N–H and O–H groups in total. The highest BCUT2D eigenvalue weighted by atomic mass is 16.5. The molecule has 2 fully saturated rings. The van der Waals surface area contributed by atoms with E-state index in [4.69, 9.17) is 9.47 Å². The second kappa shape index (κ2) is 8.37. The van der Waals surface area contributed by atoms with Crippen molar-refractivity contribution in [3.8, 4) is 11.5 Å². The number of aliphatic hydroxyl groups is 1. The molecule has 0 amide bonds. The predicted octanol–water partition coefficient (Wildman–Crippen LogP) is 4.47. The molecule has 1 aliphatic heterocycles. The Kier molecular flexibility index (Phi) is 5.84. The standard InChI is InChI=1S/C25H33NO3/c1-18(27)25(2)17-26(14-19-7-5-4-6-8-19)15-22(25)21-11-12-23(28-3)24(13-21)29-16-20-9-10-20/h4-8,11-13,18,20,22,27H,9-10,14-17H2,1-3H3. The molecule has 4 rings (SSSR count). The lowest BCUT2D eigenvalue weighted by Crippen LogP contribution is -2.37. The summed E-state index contributed by atoms with van der Waals surface area (Å²) in [5.41, 5.74) is 2.32. The molecule has 1 heterocycles. The second-order valence-corrected chi connectivity index (χ2v) is 9.05. The smallest absolute Gasteiger partial charge is 0.161 e. The van der Waals surface area contributed by atoms with E-state index in [1.54, 1.807) is 7.11 Å². The molecule has 0 radical (unpaired) electrons. The molecule has 1 aliphatic carbocycles. The third kappa shape index (κ3) is 4.44. The first kappa shape index (κ1) is 20.2. The molecule has 4 heteroatoms. The summed E-state index contributed by atoms with van der Waals surface area (Å²) in [4.78, 5) is 2.46. The van der Waals surface area contributed by atoms with Gasteiger partial charge in [0.15, 0.2) is 11.5 Å². The Morgan fingerprint density at radius 1 is 1.14 bits per heavy atom. The Hall–Kier alpha value is -2.04. The van der Waals surface area contributed by atoms with Gasteiger partial charge in [-0.15, -0.1) is 0 Å². The van der Waals surface area contributed by atoms with Gasteiger partial charge in [-0.2, -0.15) is 0 Å². The lowest BCUT2D eigenvalue weighted by molar-refractivity contribution is 0.0474. The maximum absolute atomic E-state index is 10.7. The third-order valence-electron chi connectivity index (χ3n) is 6.77. The second-order valence-electron chi connectivity index (χ2n) is 9.05. The molecule has 3 unspecified atom stereocenters. The van der Waals surface area contributed by atoms with Gasteiger partial charge in [-0.1, -0.05) is 43.3 Å². The Balaban J connectivity index is 1.58. The lowest BCUT2D eigenvalue weighted by Gasteiger charge is -2.34. The number of ether oxygens (including phenoxy) is 2. The monoisotopic (exact) mass is 395 g/mol. The van der Waals surface area contributed by atoms with E-state index >= 15 is 0 Å². The summed E-state index contributed by atoms with van der Waals surface area (Å²) in [5.74, 6) is 2.54. The van der Waals surface area contributed by atoms with Crippen molar-refractivity contribution >= 4 is 0 Å². The fourth-order valence-corrected chi connectivity index (χ4v) is 4.51. The Morgan fingerprint density at radius 2 is 1.90 bits per heavy atom. The summed E-state index contributed by atoms with van der Waals surface area (Å²) in [7, 11) is 1.69. The molecular formula is C25H33NO3. The normalized spacial score (nSPS) is 25.7. The van der Waals surface area contributed by atoms with Crippen LogP contribution in [0.1, 0.15) is 43.7 Å². The number of aliphatic hydroxyl groups excluding tert-OH is 1. The first-order chi connectivity index (χ1) is 14.0. The van der Waals surface area contributed by atoms with E-state index in [1.165, 1.54) is 24.0 Å². The molecular weight excluding hydrogens is 362 g/mol. The third-order valence-corrected chi connectivity index (χ3v) is 6.77. The van der Waals surface area contributed by atoms with Crippen LogP contribution in [0.3, 0.4) is 0 Å². The van der Waals surface area contributed by atoms with Gasteiger partial charge in [-0.25, -0.2) is 0 Å². The van der Waals surface area contributed by atoms with Crippen molar-refractivity contribution in [2.24, 2.45) is 11.3 Å². The Bertz CT molecular complexity index is 818. The lowest BCUT2D eigenvalue weighted by atomic mass is 9.72. The van der Waals surface area contributed by atoms with Gasteiger partial charge in [0.1, 0.15) is 0 Å².